The Morgan fingerprint density at radius 1 is 0.903 bits per heavy atom. The van der Waals surface area contributed by atoms with Gasteiger partial charge in [0, 0.05) is 24.7 Å². The number of carbonyl (C=O) groups is 1. The number of halogens is 1. The number of amides is 1. The Morgan fingerprint density at radius 3 is 2.19 bits per heavy atom. The van der Waals surface area contributed by atoms with E-state index in [1.807, 2.05) is 25.1 Å². The van der Waals surface area contributed by atoms with Gasteiger partial charge in [-0.25, -0.2) is 4.39 Å². The molecule has 0 heterocycles. The first-order valence-corrected chi connectivity index (χ1v) is 9.96. The van der Waals surface area contributed by atoms with Crippen LogP contribution in [0.1, 0.15) is 32.6 Å². The summed E-state index contributed by atoms with van der Waals surface area (Å²) in [7, 11) is 3.16. The molecule has 0 atom stereocenters. The van der Waals surface area contributed by atoms with E-state index in [4.69, 9.17) is 15.2 Å². The summed E-state index contributed by atoms with van der Waals surface area (Å²) in [5, 5.41) is 2.93. The molecule has 0 spiro atoms. The summed E-state index contributed by atoms with van der Waals surface area (Å²) in [6, 6.07) is 14.3. The molecule has 0 aliphatic carbocycles. The van der Waals surface area contributed by atoms with Crippen molar-refractivity contribution in [2.75, 3.05) is 14.2 Å². The first-order chi connectivity index (χ1) is 14.8. The predicted octanol–water partition coefficient (Wildman–Crippen LogP) is 4.52. The largest absolute Gasteiger partial charge is 0.497 e. The van der Waals surface area contributed by atoms with Crippen LogP contribution >= 0.6 is 0 Å². The molecule has 0 aliphatic heterocycles. The number of hydrogen-bond acceptors (Lipinski definition) is 4. The Morgan fingerprint density at radius 2 is 1.58 bits per heavy atom. The van der Waals surface area contributed by atoms with Crippen LogP contribution in [0.15, 0.2) is 48.5 Å². The number of nitrogens with two attached hydrogens (primary N) is 1. The second-order valence-electron chi connectivity index (χ2n) is 7.44. The van der Waals surface area contributed by atoms with Crippen molar-refractivity contribution in [2.24, 2.45) is 5.73 Å². The Balaban J connectivity index is 1.88. The van der Waals surface area contributed by atoms with Gasteiger partial charge in [-0.1, -0.05) is 0 Å². The van der Waals surface area contributed by atoms with Gasteiger partial charge in [-0.05, 0) is 89.7 Å². The quantitative estimate of drug-likeness (QED) is 0.587. The second kappa shape index (κ2) is 9.62. The Labute approximate surface area is 182 Å². The van der Waals surface area contributed by atoms with Crippen molar-refractivity contribution in [2.45, 2.75) is 26.9 Å². The maximum absolute atomic E-state index is 13.9. The summed E-state index contributed by atoms with van der Waals surface area (Å²) in [6.07, 6.45) is 0. The van der Waals surface area contributed by atoms with Gasteiger partial charge in [-0.3, -0.25) is 4.79 Å². The summed E-state index contributed by atoms with van der Waals surface area (Å²) in [4.78, 5) is 12.9. The number of nitrogens with one attached hydrogen (secondary N) is 1. The van der Waals surface area contributed by atoms with Crippen LogP contribution in [0.25, 0.3) is 11.1 Å². The van der Waals surface area contributed by atoms with E-state index in [2.05, 4.69) is 5.32 Å². The highest BCUT2D eigenvalue weighted by Crippen LogP contribution is 2.28. The maximum Gasteiger partial charge on any atom is 0.251 e. The minimum Gasteiger partial charge on any atom is -0.497 e. The molecule has 0 aliphatic rings. The third-order valence-corrected chi connectivity index (χ3v) is 5.17. The highest BCUT2D eigenvalue weighted by molar-refractivity contribution is 5.96. The van der Waals surface area contributed by atoms with Gasteiger partial charge in [0.2, 0.25) is 0 Å². The lowest BCUT2D eigenvalue weighted by atomic mass is 9.94. The van der Waals surface area contributed by atoms with Crippen LogP contribution in [0, 0.1) is 19.7 Å². The smallest absolute Gasteiger partial charge is 0.251 e. The molecule has 31 heavy (non-hydrogen) atoms. The molecule has 3 rings (SSSR count). The van der Waals surface area contributed by atoms with E-state index in [-0.39, 0.29) is 11.7 Å². The zero-order chi connectivity index (χ0) is 22.5. The summed E-state index contributed by atoms with van der Waals surface area (Å²) in [6.45, 7) is 4.17. The minimum atomic E-state index is -0.247. The van der Waals surface area contributed by atoms with Gasteiger partial charge >= 0.3 is 0 Å². The number of rotatable bonds is 7. The van der Waals surface area contributed by atoms with Crippen LogP contribution in [0.2, 0.25) is 0 Å². The normalized spacial score (nSPS) is 10.6. The van der Waals surface area contributed by atoms with Crippen molar-refractivity contribution in [1.29, 1.82) is 0 Å². The second-order valence-corrected chi connectivity index (χ2v) is 7.44. The van der Waals surface area contributed by atoms with Crippen LogP contribution < -0.4 is 20.5 Å². The SMILES string of the molecule is COc1cc(CNC(=O)c2cc(CN)cc(-c3cc(C)c(F)cc3C)c2)cc(OC)c1. The van der Waals surface area contributed by atoms with E-state index < -0.39 is 0 Å². The molecule has 0 unspecified atom stereocenters. The molecule has 5 nitrogen and oxygen atoms in total. The first kappa shape index (κ1) is 22.3. The molecule has 0 fully saturated rings. The van der Waals surface area contributed by atoms with Gasteiger partial charge in [0.05, 0.1) is 14.2 Å². The Hall–Kier alpha value is -3.38. The van der Waals surface area contributed by atoms with E-state index in [0.29, 0.717) is 35.7 Å². The van der Waals surface area contributed by atoms with E-state index >= 15 is 0 Å². The van der Waals surface area contributed by atoms with Crippen molar-refractivity contribution in [3.05, 3.63) is 82.2 Å². The molecule has 0 radical (unpaired) electrons. The highest BCUT2D eigenvalue weighted by Gasteiger charge is 2.13. The van der Waals surface area contributed by atoms with E-state index in [1.54, 1.807) is 45.4 Å². The molecule has 3 aromatic carbocycles. The van der Waals surface area contributed by atoms with Gasteiger partial charge in [0.15, 0.2) is 0 Å². The molecular weight excluding hydrogens is 395 g/mol. The zero-order valence-electron chi connectivity index (χ0n) is 18.2. The van der Waals surface area contributed by atoms with Crippen molar-refractivity contribution in [1.82, 2.24) is 5.32 Å². The molecule has 162 valence electrons. The number of benzene rings is 3. The average Bonchev–Trinajstić information content (AvgIpc) is 2.79. The maximum atomic E-state index is 13.9. The molecule has 0 saturated carbocycles. The number of methoxy groups -OCH3 is 2. The number of hydrogen-bond donors (Lipinski definition) is 2. The molecule has 0 aromatic heterocycles. The van der Waals surface area contributed by atoms with E-state index in [9.17, 15) is 9.18 Å². The fraction of sp³-hybridized carbons (Fsp3) is 0.240. The number of ether oxygens (including phenoxy) is 2. The van der Waals surface area contributed by atoms with Crippen LogP contribution in [0.4, 0.5) is 4.39 Å². The fourth-order valence-corrected chi connectivity index (χ4v) is 3.44. The van der Waals surface area contributed by atoms with Crippen molar-refractivity contribution in [3.63, 3.8) is 0 Å². The summed E-state index contributed by atoms with van der Waals surface area (Å²) in [5.74, 6) is 0.828. The molecule has 1 amide bonds. The van der Waals surface area contributed by atoms with Crippen LogP contribution in [0.3, 0.4) is 0 Å². The lowest BCUT2D eigenvalue weighted by Gasteiger charge is -2.13. The molecular formula is C25H27FN2O3. The monoisotopic (exact) mass is 422 g/mol. The van der Waals surface area contributed by atoms with Gasteiger partial charge in [-0.2, -0.15) is 0 Å². The summed E-state index contributed by atoms with van der Waals surface area (Å²) >= 11 is 0. The van der Waals surface area contributed by atoms with Crippen LogP contribution in [0.5, 0.6) is 11.5 Å². The zero-order valence-corrected chi connectivity index (χ0v) is 18.2. The van der Waals surface area contributed by atoms with Gasteiger partial charge < -0.3 is 20.5 Å². The molecule has 3 N–H and O–H groups in total. The lowest BCUT2D eigenvalue weighted by Crippen LogP contribution is -2.23. The molecule has 0 bridgehead atoms. The molecule has 6 heteroatoms. The fourth-order valence-electron chi connectivity index (χ4n) is 3.44. The van der Waals surface area contributed by atoms with Crippen molar-refractivity contribution in [3.8, 4) is 22.6 Å². The minimum absolute atomic E-state index is 0.227. The van der Waals surface area contributed by atoms with Crippen LogP contribution in [-0.4, -0.2) is 20.1 Å². The van der Waals surface area contributed by atoms with Crippen LogP contribution in [-0.2, 0) is 13.1 Å². The Bertz CT molecular complexity index is 1090. The number of aryl methyl sites for hydroxylation is 2. The predicted molar refractivity (Wildman–Crippen MR) is 120 cm³/mol. The molecule has 3 aromatic rings. The van der Waals surface area contributed by atoms with E-state index in [1.165, 1.54) is 6.07 Å². The van der Waals surface area contributed by atoms with Gasteiger partial charge in [0.25, 0.3) is 5.91 Å². The topological polar surface area (TPSA) is 73.6 Å². The lowest BCUT2D eigenvalue weighted by molar-refractivity contribution is 0.0950. The standard InChI is InChI=1S/C25H27FN2O3/c1-15-6-24(26)16(2)5-23(15)19-7-17(13-27)8-20(11-19)25(29)28-14-18-9-21(30-3)12-22(10-18)31-4/h5-12H,13-14,27H2,1-4H3,(H,28,29). The third kappa shape index (κ3) is 5.22. The Kier molecular flexibility index (Phi) is 6.92. The van der Waals surface area contributed by atoms with Crippen molar-refractivity contribution >= 4 is 5.91 Å². The molecule has 0 saturated heterocycles. The summed E-state index contributed by atoms with van der Waals surface area (Å²) in [5.41, 5.74) is 11.1. The first-order valence-electron chi connectivity index (χ1n) is 9.96. The number of carbonyl (C=O) groups excluding carboxylic acids is 1. The van der Waals surface area contributed by atoms with Gasteiger partial charge in [0.1, 0.15) is 17.3 Å². The van der Waals surface area contributed by atoms with Gasteiger partial charge in [-0.15, -0.1) is 0 Å². The van der Waals surface area contributed by atoms with E-state index in [0.717, 1.165) is 27.8 Å². The summed E-state index contributed by atoms with van der Waals surface area (Å²) < 4.78 is 24.5. The third-order valence-electron chi connectivity index (χ3n) is 5.17. The highest BCUT2D eigenvalue weighted by atomic mass is 19.1. The average molecular weight is 423 g/mol. The van der Waals surface area contributed by atoms with Crippen molar-refractivity contribution < 1.29 is 18.7 Å².